The van der Waals surface area contributed by atoms with Gasteiger partial charge in [-0.05, 0) is 30.2 Å². The highest BCUT2D eigenvalue weighted by molar-refractivity contribution is 6.32. The number of rotatable bonds is 2. The van der Waals surface area contributed by atoms with Gasteiger partial charge in [-0.25, -0.2) is 0 Å². The van der Waals surface area contributed by atoms with Gasteiger partial charge >= 0.3 is 0 Å². The molecule has 0 saturated heterocycles. The van der Waals surface area contributed by atoms with E-state index in [0.717, 1.165) is 11.1 Å². The highest BCUT2D eigenvalue weighted by atomic mass is 35.5. The molecule has 21 heavy (non-hydrogen) atoms. The summed E-state index contributed by atoms with van der Waals surface area (Å²) in [4.78, 5) is 0. The molecule has 1 aliphatic heterocycles. The summed E-state index contributed by atoms with van der Waals surface area (Å²) < 4.78 is 11.0. The number of halogens is 2. The number of ether oxygens (including phenoxy) is 2. The molecule has 1 aliphatic rings. The first-order chi connectivity index (χ1) is 10.1. The van der Waals surface area contributed by atoms with Crippen molar-refractivity contribution in [3.05, 3.63) is 57.1 Å². The zero-order valence-corrected chi connectivity index (χ0v) is 12.9. The Balaban J connectivity index is 2.05. The van der Waals surface area contributed by atoms with Crippen LogP contribution in [-0.2, 0) is 0 Å². The first-order valence-corrected chi connectivity index (χ1v) is 7.35. The number of hydrogen-bond acceptors (Lipinski definition) is 3. The summed E-state index contributed by atoms with van der Waals surface area (Å²) in [6.07, 6.45) is -0.868. The molecule has 1 atom stereocenters. The van der Waals surface area contributed by atoms with Gasteiger partial charge in [0.05, 0.1) is 5.02 Å². The SMILES string of the molecule is Cc1c(Cl)cccc1C(O)c1cc2c(cc1Cl)OCCO2. The van der Waals surface area contributed by atoms with Gasteiger partial charge in [0.2, 0.25) is 0 Å². The highest BCUT2D eigenvalue weighted by Gasteiger charge is 2.21. The lowest BCUT2D eigenvalue weighted by Crippen LogP contribution is -2.16. The lowest BCUT2D eigenvalue weighted by atomic mass is 9.97. The Morgan fingerprint density at radius 1 is 1.00 bits per heavy atom. The van der Waals surface area contributed by atoms with E-state index in [-0.39, 0.29) is 0 Å². The van der Waals surface area contributed by atoms with Crippen LogP contribution in [0.5, 0.6) is 11.5 Å². The minimum atomic E-state index is -0.868. The normalized spacial score (nSPS) is 14.9. The number of fused-ring (bicyclic) bond motifs is 1. The highest BCUT2D eigenvalue weighted by Crippen LogP contribution is 2.40. The fourth-order valence-corrected chi connectivity index (χ4v) is 2.82. The van der Waals surface area contributed by atoms with Crippen molar-refractivity contribution in [2.45, 2.75) is 13.0 Å². The van der Waals surface area contributed by atoms with E-state index in [1.54, 1.807) is 24.3 Å². The summed E-state index contributed by atoms with van der Waals surface area (Å²) in [6, 6.07) is 8.83. The maximum atomic E-state index is 10.6. The van der Waals surface area contributed by atoms with Crippen LogP contribution in [0.1, 0.15) is 22.8 Å². The number of benzene rings is 2. The van der Waals surface area contributed by atoms with E-state index >= 15 is 0 Å². The molecule has 0 saturated carbocycles. The molecule has 0 fully saturated rings. The second-order valence-electron chi connectivity index (χ2n) is 4.87. The van der Waals surface area contributed by atoms with Crippen LogP contribution in [0, 0.1) is 6.92 Å². The number of hydrogen-bond donors (Lipinski definition) is 1. The van der Waals surface area contributed by atoms with Crippen molar-refractivity contribution in [3.8, 4) is 11.5 Å². The van der Waals surface area contributed by atoms with Crippen molar-refractivity contribution in [1.29, 1.82) is 0 Å². The van der Waals surface area contributed by atoms with Crippen LogP contribution in [0.4, 0.5) is 0 Å². The molecule has 0 spiro atoms. The largest absolute Gasteiger partial charge is 0.486 e. The lowest BCUT2D eigenvalue weighted by molar-refractivity contribution is 0.169. The second-order valence-corrected chi connectivity index (χ2v) is 5.69. The molecule has 3 rings (SSSR count). The minimum Gasteiger partial charge on any atom is -0.486 e. The molecule has 1 unspecified atom stereocenters. The van der Waals surface area contributed by atoms with Gasteiger partial charge in [0, 0.05) is 16.7 Å². The summed E-state index contributed by atoms with van der Waals surface area (Å²) in [5.74, 6) is 1.20. The van der Waals surface area contributed by atoms with E-state index in [0.29, 0.717) is 40.3 Å². The third kappa shape index (κ3) is 2.69. The molecule has 2 aromatic rings. The fourth-order valence-electron chi connectivity index (χ4n) is 2.38. The fraction of sp³-hybridized carbons (Fsp3) is 0.250. The maximum Gasteiger partial charge on any atom is 0.162 e. The predicted octanol–water partition coefficient (Wildman–Crippen LogP) is 4.15. The van der Waals surface area contributed by atoms with Gasteiger partial charge in [0.15, 0.2) is 11.5 Å². The molecule has 0 amide bonds. The Kier molecular flexibility index (Phi) is 3.98. The van der Waals surface area contributed by atoms with Gasteiger partial charge in [-0.3, -0.25) is 0 Å². The van der Waals surface area contributed by atoms with Crippen molar-refractivity contribution in [1.82, 2.24) is 0 Å². The topological polar surface area (TPSA) is 38.7 Å². The molecular weight excluding hydrogens is 311 g/mol. The van der Waals surface area contributed by atoms with Crippen LogP contribution < -0.4 is 9.47 Å². The monoisotopic (exact) mass is 324 g/mol. The molecule has 5 heteroatoms. The quantitative estimate of drug-likeness (QED) is 0.901. The van der Waals surface area contributed by atoms with Crippen LogP contribution >= 0.6 is 23.2 Å². The number of aliphatic hydroxyl groups excluding tert-OH is 1. The van der Waals surface area contributed by atoms with Gasteiger partial charge in [-0.2, -0.15) is 0 Å². The van der Waals surface area contributed by atoms with E-state index in [1.165, 1.54) is 0 Å². The van der Waals surface area contributed by atoms with Crippen molar-refractivity contribution >= 4 is 23.2 Å². The standard InChI is InChI=1S/C16H14Cl2O3/c1-9-10(3-2-4-12(9)17)16(19)11-7-14-15(8-13(11)18)21-6-5-20-14/h2-4,7-8,16,19H,5-6H2,1H3. The molecule has 110 valence electrons. The van der Waals surface area contributed by atoms with Gasteiger partial charge in [-0.1, -0.05) is 35.3 Å². The second kappa shape index (κ2) is 5.76. The molecule has 1 N–H and O–H groups in total. The third-order valence-corrected chi connectivity index (χ3v) is 4.30. The van der Waals surface area contributed by atoms with E-state index in [2.05, 4.69) is 0 Å². The molecule has 3 nitrogen and oxygen atoms in total. The van der Waals surface area contributed by atoms with E-state index in [9.17, 15) is 5.11 Å². The van der Waals surface area contributed by atoms with Crippen LogP contribution in [0.2, 0.25) is 10.0 Å². The van der Waals surface area contributed by atoms with Gasteiger partial charge < -0.3 is 14.6 Å². The molecule has 0 aliphatic carbocycles. The van der Waals surface area contributed by atoms with Gasteiger partial charge in [0.25, 0.3) is 0 Å². The molecule has 0 radical (unpaired) electrons. The van der Waals surface area contributed by atoms with Crippen molar-refractivity contribution in [2.75, 3.05) is 13.2 Å². The van der Waals surface area contributed by atoms with Crippen LogP contribution in [-0.4, -0.2) is 18.3 Å². The Hall–Kier alpha value is -1.42. The Labute approximate surface area is 133 Å². The van der Waals surface area contributed by atoms with Crippen molar-refractivity contribution in [2.24, 2.45) is 0 Å². The summed E-state index contributed by atoms with van der Waals surface area (Å²) in [5.41, 5.74) is 2.13. The van der Waals surface area contributed by atoms with Gasteiger partial charge in [0.1, 0.15) is 19.3 Å². The molecular formula is C16H14Cl2O3. The Bertz CT molecular complexity index is 685. The Morgan fingerprint density at radius 2 is 1.67 bits per heavy atom. The minimum absolute atomic E-state index is 0.436. The smallest absolute Gasteiger partial charge is 0.162 e. The average Bonchev–Trinajstić information content (AvgIpc) is 2.48. The molecule has 1 heterocycles. The lowest BCUT2D eigenvalue weighted by Gasteiger charge is -2.22. The van der Waals surface area contributed by atoms with Crippen LogP contribution in [0.15, 0.2) is 30.3 Å². The van der Waals surface area contributed by atoms with E-state index in [1.807, 2.05) is 13.0 Å². The van der Waals surface area contributed by atoms with Crippen molar-refractivity contribution < 1.29 is 14.6 Å². The van der Waals surface area contributed by atoms with Crippen molar-refractivity contribution in [3.63, 3.8) is 0 Å². The zero-order chi connectivity index (χ0) is 15.0. The maximum absolute atomic E-state index is 10.6. The Morgan fingerprint density at radius 3 is 2.38 bits per heavy atom. The third-order valence-electron chi connectivity index (χ3n) is 3.56. The summed E-state index contributed by atoms with van der Waals surface area (Å²) in [6.45, 7) is 2.85. The molecule has 0 bridgehead atoms. The summed E-state index contributed by atoms with van der Waals surface area (Å²) in [7, 11) is 0. The van der Waals surface area contributed by atoms with Gasteiger partial charge in [-0.15, -0.1) is 0 Å². The van der Waals surface area contributed by atoms with Crippen LogP contribution in [0.25, 0.3) is 0 Å². The summed E-state index contributed by atoms with van der Waals surface area (Å²) >= 11 is 12.4. The van der Waals surface area contributed by atoms with E-state index < -0.39 is 6.10 Å². The average molecular weight is 325 g/mol. The summed E-state index contributed by atoms with van der Waals surface area (Å²) in [5, 5.41) is 11.7. The van der Waals surface area contributed by atoms with E-state index in [4.69, 9.17) is 32.7 Å². The molecule has 2 aromatic carbocycles. The number of aliphatic hydroxyl groups is 1. The zero-order valence-electron chi connectivity index (χ0n) is 11.4. The first kappa shape index (κ1) is 14.5. The molecule has 0 aromatic heterocycles. The first-order valence-electron chi connectivity index (χ1n) is 6.60. The predicted molar refractivity (Wildman–Crippen MR) is 82.7 cm³/mol. The van der Waals surface area contributed by atoms with Crippen LogP contribution in [0.3, 0.4) is 0 Å².